The fourth-order valence-electron chi connectivity index (χ4n) is 3.31. The third-order valence-corrected chi connectivity index (χ3v) is 4.53. The molecule has 2 aromatic heterocycles. The van der Waals surface area contributed by atoms with E-state index in [0.717, 1.165) is 26.1 Å². The number of hydrogen-bond acceptors (Lipinski definition) is 4. The minimum Gasteiger partial charge on any atom is -0.458 e. The largest absolute Gasteiger partial charge is 0.458 e. The number of benzene rings is 1. The molecule has 1 N–H and O–H groups in total. The zero-order valence-corrected chi connectivity index (χ0v) is 14.3. The molecule has 0 radical (unpaired) electrons. The van der Waals surface area contributed by atoms with E-state index in [1.54, 1.807) is 0 Å². The second-order valence-electron chi connectivity index (χ2n) is 6.13. The van der Waals surface area contributed by atoms with Crippen LogP contribution in [-0.2, 0) is 13.2 Å². The Hall–Kier alpha value is -2.13. The van der Waals surface area contributed by atoms with E-state index in [2.05, 4.69) is 10.3 Å². The number of nitrogens with zero attached hydrogens (tertiary/aromatic N) is 2. The van der Waals surface area contributed by atoms with Crippen molar-refractivity contribution in [1.82, 2.24) is 14.9 Å². The zero-order valence-electron chi connectivity index (χ0n) is 13.5. The van der Waals surface area contributed by atoms with Gasteiger partial charge in [0.05, 0.1) is 5.39 Å². The van der Waals surface area contributed by atoms with Crippen molar-refractivity contribution in [2.75, 3.05) is 13.1 Å². The zero-order chi connectivity index (χ0) is 17.9. The first-order valence-electron chi connectivity index (χ1n) is 7.68. The Morgan fingerprint density at radius 2 is 2.08 bits per heavy atom. The van der Waals surface area contributed by atoms with Gasteiger partial charge in [-0.2, -0.15) is 13.2 Å². The van der Waals surface area contributed by atoms with Crippen molar-refractivity contribution in [2.45, 2.75) is 18.5 Å². The van der Waals surface area contributed by atoms with Crippen LogP contribution in [0.3, 0.4) is 0 Å². The van der Waals surface area contributed by atoms with Crippen LogP contribution < -0.4 is 10.7 Å². The number of hydrogen-bond donors (Lipinski definition) is 1. The average molecular weight is 392 g/mol. The lowest BCUT2D eigenvalue weighted by molar-refractivity contribution is -0.146. The van der Waals surface area contributed by atoms with Crippen LogP contribution in [0.5, 0.6) is 0 Å². The molecule has 0 saturated carbocycles. The van der Waals surface area contributed by atoms with E-state index in [-0.39, 0.29) is 40.3 Å². The van der Waals surface area contributed by atoms with Crippen molar-refractivity contribution in [1.29, 1.82) is 0 Å². The summed E-state index contributed by atoms with van der Waals surface area (Å²) < 4.78 is 60.0. The summed E-state index contributed by atoms with van der Waals surface area (Å²) in [7, 11) is 1.08. The highest BCUT2D eigenvalue weighted by Crippen LogP contribution is 2.35. The first kappa shape index (κ1) is 18.7. The summed E-state index contributed by atoms with van der Waals surface area (Å²) in [6.45, 7) is 1.36. The van der Waals surface area contributed by atoms with Gasteiger partial charge >= 0.3 is 6.18 Å². The van der Waals surface area contributed by atoms with E-state index in [4.69, 9.17) is 4.42 Å². The molecule has 1 saturated heterocycles. The van der Waals surface area contributed by atoms with Gasteiger partial charge in [-0.15, -0.1) is 12.4 Å². The van der Waals surface area contributed by atoms with Crippen LogP contribution >= 0.6 is 12.4 Å². The van der Waals surface area contributed by atoms with Gasteiger partial charge < -0.3 is 14.3 Å². The number of aryl methyl sites for hydroxylation is 1. The van der Waals surface area contributed by atoms with Crippen molar-refractivity contribution in [2.24, 2.45) is 7.05 Å². The summed E-state index contributed by atoms with van der Waals surface area (Å²) in [5, 5.41) is 3.01. The maximum atomic E-state index is 14.3. The quantitative estimate of drug-likeness (QED) is 0.646. The van der Waals surface area contributed by atoms with Crippen LogP contribution in [-0.4, -0.2) is 22.6 Å². The fourth-order valence-corrected chi connectivity index (χ4v) is 3.31. The van der Waals surface area contributed by atoms with Gasteiger partial charge in [0.15, 0.2) is 11.0 Å². The molecule has 0 aliphatic carbocycles. The summed E-state index contributed by atoms with van der Waals surface area (Å²) in [6.07, 6.45) is -4.01. The molecule has 4 rings (SSSR count). The predicted molar refractivity (Wildman–Crippen MR) is 89.2 cm³/mol. The topological polar surface area (TPSA) is 60.1 Å². The molecule has 0 spiro atoms. The van der Waals surface area contributed by atoms with Crippen molar-refractivity contribution in [3.8, 4) is 0 Å². The second kappa shape index (κ2) is 6.24. The lowest BCUT2D eigenvalue weighted by atomic mass is 10.0. The molecule has 1 unspecified atom stereocenters. The molecule has 3 heterocycles. The van der Waals surface area contributed by atoms with E-state index in [9.17, 15) is 22.4 Å². The number of aromatic nitrogens is 2. The Bertz CT molecular complexity index is 1050. The van der Waals surface area contributed by atoms with Crippen LogP contribution in [0.4, 0.5) is 17.6 Å². The van der Waals surface area contributed by atoms with E-state index in [0.29, 0.717) is 16.9 Å². The van der Waals surface area contributed by atoms with Crippen molar-refractivity contribution in [3.05, 3.63) is 39.8 Å². The number of nitrogens with one attached hydrogen (secondary N) is 1. The molecule has 1 aliphatic rings. The Balaban J connectivity index is 0.00000196. The number of rotatable bonds is 1. The molecule has 26 heavy (non-hydrogen) atoms. The number of halogens is 5. The Kier molecular flexibility index (Phi) is 4.48. The van der Waals surface area contributed by atoms with E-state index < -0.39 is 23.2 Å². The van der Waals surface area contributed by atoms with Gasteiger partial charge in [0.2, 0.25) is 5.82 Å². The molecule has 140 valence electrons. The van der Waals surface area contributed by atoms with Gasteiger partial charge in [-0.25, -0.2) is 9.37 Å². The molecular formula is C16H14ClF4N3O2. The van der Waals surface area contributed by atoms with Crippen molar-refractivity contribution in [3.63, 3.8) is 0 Å². The van der Waals surface area contributed by atoms with Gasteiger partial charge in [-0.1, -0.05) is 0 Å². The molecule has 0 bridgehead atoms. The molecule has 10 heteroatoms. The summed E-state index contributed by atoms with van der Waals surface area (Å²) in [6, 6.07) is 2.18. The van der Waals surface area contributed by atoms with E-state index in [1.165, 1.54) is 6.07 Å². The summed E-state index contributed by atoms with van der Waals surface area (Å²) in [5.41, 5.74) is -1.25. The first-order valence-corrected chi connectivity index (χ1v) is 7.68. The highest BCUT2D eigenvalue weighted by atomic mass is 35.5. The SMILES string of the molecule is Cl.Cn1c(C(F)(F)F)nc2c3oc(C4CCNC4)cc(=O)c3cc(F)c21. The molecule has 1 aliphatic heterocycles. The fraction of sp³-hybridized carbons (Fsp3) is 0.375. The van der Waals surface area contributed by atoms with Crippen LogP contribution in [0, 0.1) is 5.82 Å². The Morgan fingerprint density at radius 1 is 1.35 bits per heavy atom. The van der Waals surface area contributed by atoms with E-state index >= 15 is 0 Å². The van der Waals surface area contributed by atoms with Gasteiger partial charge in [-0.3, -0.25) is 4.79 Å². The summed E-state index contributed by atoms with van der Waals surface area (Å²) >= 11 is 0. The highest BCUT2D eigenvalue weighted by Gasteiger charge is 2.38. The Morgan fingerprint density at radius 3 is 2.69 bits per heavy atom. The molecule has 0 amide bonds. The minimum absolute atomic E-state index is 0. The molecule has 1 aromatic carbocycles. The lowest BCUT2D eigenvalue weighted by Crippen LogP contribution is -2.12. The number of alkyl halides is 3. The average Bonchev–Trinajstić information content (AvgIpc) is 3.16. The van der Waals surface area contributed by atoms with E-state index in [1.807, 2.05) is 0 Å². The standard InChI is InChI=1S/C16H13F4N3O2.ClH/c1-23-13-9(17)4-8-10(24)5-11(7-2-3-21-6-7)25-14(8)12(13)22-15(23)16(18,19)20;/h4-5,7,21H,2-3,6H2,1H3;1H. The Labute approximate surface area is 150 Å². The maximum Gasteiger partial charge on any atom is 0.449 e. The molecular weight excluding hydrogens is 378 g/mol. The van der Waals surface area contributed by atoms with Crippen LogP contribution in [0.2, 0.25) is 0 Å². The molecule has 3 aromatic rings. The monoisotopic (exact) mass is 391 g/mol. The summed E-state index contributed by atoms with van der Waals surface area (Å²) in [5.74, 6) is -1.88. The van der Waals surface area contributed by atoms with Crippen LogP contribution in [0.1, 0.15) is 23.9 Å². The highest BCUT2D eigenvalue weighted by molar-refractivity contribution is 6.00. The smallest absolute Gasteiger partial charge is 0.449 e. The predicted octanol–water partition coefficient (Wildman–Crippen LogP) is 3.34. The van der Waals surface area contributed by atoms with Gasteiger partial charge in [0.25, 0.3) is 0 Å². The van der Waals surface area contributed by atoms with Crippen molar-refractivity contribution >= 4 is 34.4 Å². The maximum absolute atomic E-state index is 14.3. The van der Waals surface area contributed by atoms with Crippen molar-refractivity contribution < 1.29 is 22.0 Å². The molecule has 1 atom stereocenters. The third-order valence-electron chi connectivity index (χ3n) is 4.53. The summed E-state index contributed by atoms with van der Waals surface area (Å²) in [4.78, 5) is 15.9. The van der Waals surface area contributed by atoms with Gasteiger partial charge in [0, 0.05) is 25.6 Å². The number of fused-ring (bicyclic) bond motifs is 3. The molecule has 5 nitrogen and oxygen atoms in total. The second-order valence-corrected chi connectivity index (χ2v) is 6.13. The van der Waals surface area contributed by atoms with Gasteiger partial charge in [-0.05, 0) is 19.0 Å². The normalized spacial score (nSPS) is 17.8. The number of imidazole rings is 1. The van der Waals surface area contributed by atoms with Crippen LogP contribution in [0.15, 0.2) is 21.3 Å². The van der Waals surface area contributed by atoms with Gasteiger partial charge in [0.1, 0.15) is 22.6 Å². The first-order chi connectivity index (χ1) is 11.8. The lowest BCUT2D eigenvalue weighted by Gasteiger charge is -2.09. The molecule has 1 fully saturated rings. The minimum atomic E-state index is -4.75. The van der Waals surface area contributed by atoms with Crippen LogP contribution in [0.25, 0.3) is 22.0 Å². The third kappa shape index (κ3) is 2.75.